The van der Waals surface area contributed by atoms with Gasteiger partial charge < -0.3 is 29.8 Å². The number of halogens is 3. The number of anilines is 2. The lowest BCUT2D eigenvalue weighted by molar-refractivity contribution is -0.137. The summed E-state index contributed by atoms with van der Waals surface area (Å²) in [6, 6.07) is 6.58. The summed E-state index contributed by atoms with van der Waals surface area (Å²) in [4.78, 5) is 9.40. The molecule has 0 saturated carbocycles. The Kier molecular flexibility index (Phi) is 5.96. The minimum absolute atomic E-state index is 0.0278. The van der Waals surface area contributed by atoms with Gasteiger partial charge >= 0.3 is 6.18 Å². The van der Waals surface area contributed by atoms with Gasteiger partial charge in [-0.1, -0.05) is 0 Å². The van der Waals surface area contributed by atoms with Crippen LogP contribution in [-0.4, -0.2) is 42.5 Å². The number of nitrogens with zero attached hydrogens (tertiary/aromatic N) is 3. The van der Waals surface area contributed by atoms with E-state index in [4.69, 9.17) is 24.9 Å². The fraction of sp³-hybridized carbons (Fsp3) is 0.417. The number of alkyl halides is 3. The van der Waals surface area contributed by atoms with E-state index < -0.39 is 17.8 Å². The minimum Gasteiger partial charge on any atom is -0.493 e. The van der Waals surface area contributed by atoms with Gasteiger partial charge in [0.2, 0.25) is 5.95 Å². The molecule has 3 heterocycles. The lowest BCUT2D eigenvalue weighted by Crippen LogP contribution is -2.19. The molecular weight excluding hydrogens is 463 g/mol. The van der Waals surface area contributed by atoms with Crippen molar-refractivity contribution in [3.8, 4) is 11.5 Å². The molecule has 3 aromatic rings. The summed E-state index contributed by atoms with van der Waals surface area (Å²) >= 11 is 0. The zero-order chi connectivity index (χ0) is 24.7. The van der Waals surface area contributed by atoms with Crippen molar-refractivity contribution in [3.63, 3.8) is 0 Å². The first-order valence-corrected chi connectivity index (χ1v) is 11.4. The van der Waals surface area contributed by atoms with Gasteiger partial charge in [-0.3, -0.25) is 4.99 Å². The number of methoxy groups -OCH3 is 1. The highest BCUT2D eigenvalue weighted by Crippen LogP contribution is 2.35. The van der Waals surface area contributed by atoms with Gasteiger partial charge in [0.15, 0.2) is 17.0 Å². The molecule has 1 saturated heterocycles. The summed E-state index contributed by atoms with van der Waals surface area (Å²) in [6.45, 7) is 4.25. The first kappa shape index (κ1) is 23.3. The molecule has 2 aliphatic heterocycles. The van der Waals surface area contributed by atoms with Crippen LogP contribution in [0.25, 0.3) is 10.9 Å². The first-order valence-electron chi connectivity index (χ1n) is 11.4. The van der Waals surface area contributed by atoms with Crippen molar-refractivity contribution in [1.82, 2.24) is 9.55 Å². The van der Waals surface area contributed by atoms with Gasteiger partial charge in [-0.05, 0) is 36.8 Å². The summed E-state index contributed by atoms with van der Waals surface area (Å²) in [5.41, 5.74) is 6.56. The highest BCUT2D eigenvalue weighted by atomic mass is 19.4. The van der Waals surface area contributed by atoms with E-state index in [-0.39, 0.29) is 11.8 Å². The van der Waals surface area contributed by atoms with Gasteiger partial charge in [0.25, 0.3) is 0 Å². The van der Waals surface area contributed by atoms with Gasteiger partial charge in [-0.2, -0.15) is 18.2 Å². The van der Waals surface area contributed by atoms with E-state index >= 15 is 0 Å². The van der Waals surface area contributed by atoms with E-state index in [1.54, 1.807) is 14.0 Å². The number of aromatic nitrogens is 2. The number of benzene rings is 2. The van der Waals surface area contributed by atoms with Crippen LogP contribution in [-0.2, 0) is 17.5 Å². The zero-order valence-electron chi connectivity index (χ0n) is 19.4. The van der Waals surface area contributed by atoms with Crippen LogP contribution in [0.4, 0.5) is 24.8 Å². The summed E-state index contributed by atoms with van der Waals surface area (Å²) in [5.74, 6) is 1.74. The monoisotopic (exact) mass is 489 g/mol. The Morgan fingerprint density at radius 2 is 2.06 bits per heavy atom. The number of nitrogen functional groups attached to an aromatic ring is 1. The van der Waals surface area contributed by atoms with E-state index in [1.165, 1.54) is 6.07 Å². The predicted octanol–water partition coefficient (Wildman–Crippen LogP) is 3.90. The average Bonchev–Trinajstić information content (AvgIpc) is 3.50. The number of hydrogen-bond donors (Lipinski definition) is 2. The smallest absolute Gasteiger partial charge is 0.416 e. The predicted molar refractivity (Wildman–Crippen MR) is 124 cm³/mol. The molecule has 11 heteroatoms. The van der Waals surface area contributed by atoms with Crippen molar-refractivity contribution < 1.29 is 27.4 Å². The Balaban J connectivity index is 1.65. The molecule has 3 N–H and O–H groups in total. The van der Waals surface area contributed by atoms with Crippen molar-refractivity contribution in [2.75, 3.05) is 37.9 Å². The van der Waals surface area contributed by atoms with Crippen LogP contribution >= 0.6 is 0 Å². The van der Waals surface area contributed by atoms with E-state index in [1.807, 2.05) is 16.7 Å². The summed E-state index contributed by atoms with van der Waals surface area (Å²) in [7, 11) is 1.58. The second-order valence-electron chi connectivity index (χ2n) is 8.65. The van der Waals surface area contributed by atoms with Crippen LogP contribution in [0.1, 0.15) is 30.5 Å². The largest absolute Gasteiger partial charge is 0.493 e. The molecule has 0 radical (unpaired) electrons. The Labute approximate surface area is 199 Å². The fourth-order valence-electron chi connectivity index (χ4n) is 4.40. The number of nitrogens with two attached hydrogens (primary N) is 1. The molecule has 35 heavy (non-hydrogen) atoms. The van der Waals surface area contributed by atoms with Gasteiger partial charge in [-0.25, -0.2) is 0 Å². The third-order valence-corrected chi connectivity index (χ3v) is 6.18. The third-order valence-electron chi connectivity index (χ3n) is 6.18. The fourth-order valence-corrected chi connectivity index (χ4v) is 4.40. The molecule has 5 rings (SSSR count). The molecule has 2 aromatic carbocycles. The lowest BCUT2D eigenvalue weighted by Gasteiger charge is -2.18. The lowest BCUT2D eigenvalue weighted by atomic mass is 10.0. The van der Waals surface area contributed by atoms with Gasteiger partial charge in [0.05, 0.1) is 37.4 Å². The van der Waals surface area contributed by atoms with Crippen molar-refractivity contribution in [2.24, 2.45) is 4.99 Å². The number of hydrogen-bond acceptors (Lipinski definition) is 7. The molecule has 1 fully saturated rings. The molecule has 0 amide bonds. The Bertz CT molecular complexity index is 1330. The Hall–Kier alpha value is -3.47. The molecule has 0 aliphatic carbocycles. The number of fused-ring (bicyclic) bond motifs is 3. The van der Waals surface area contributed by atoms with Crippen molar-refractivity contribution in [2.45, 2.75) is 38.2 Å². The maximum atomic E-state index is 13.3. The molecular formula is C24H26F3N5O3. The standard InChI is InChI=1S/C24H26F3N5O3/c1-13(14-7-15(24(25,26)27)9-16(28)8-14)30-22-18-10-21(35-17-3-6-34-12-17)20(33-2)11-19(18)32-5-4-29-23(32)31-22/h7-11,13,17H,3-6,12,28H2,1-2H3,(H,29,30,31)/t13-,17?/m1/s1. The quantitative estimate of drug-likeness (QED) is 0.528. The van der Waals surface area contributed by atoms with Crippen LogP contribution in [0, 0.1) is 0 Å². The Morgan fingerprint density at radius 3 is 2.77 bits per heavy atom. The maximum Gasteiger partial charge on any atom is 0.416 e. The number of ether oxygens (including phenoxy) is 3. The third kappa shape index (κ3) is 4.60. The Morgan fingerprint density at radius 1 is 1.23 bits per heavy atom. The molecule has 2 aliphatic rings. The highest BCUT2D eigenvalue weighted by molar-refractivity contribution is 5.83. The topological polar surface area (TPSA) is 95.9 Å². The van der Waals surface area contributed by atoms with Crippen LogP contribution in [0.5, 0.6) is 11.5 Å². The van der Waals surface area contributed by atoms with Gasteiger partial charge in [0.1, 0.15) is 6.10 Å². The van der Waals surface area contributed by atoms with Crippen molar-refractivity contribution in [3.05, 3.63) is 46.9 Å². The van der Waals surface area contributed by atoms with Gasteiger partial charge in [0, 0.05) is 36.7 Å². The van der Waals surface area contributed by atoms with Crippen LogP contribution in [0.15, 0.2) is 35.3 Å². The van der Waals surface area contributed by atoms with Crippen LogP contribution < -0.4 is 26.0 Å². The summed E-state index contributed by atoms with van der Waals surface area (Å²) in [6.07, 6.45) is -3.83. The normalized spacial score (nSPS) is 19.0. The van der Waals surface area contributed by atoms with E-state index in [0.717, 1.165) is 24.1 Å². The molecule has 186 valence electrons. The van der Waals surface area contributed by atoms with E-state index in [0.29, 0.717) is 60.2 Å². The minimum atomic E-state index is -4.50. The highest BCUT2D eigenvalue weighted by Gasteiger charge is 2.31. The maximum absolute atomic E-state index is 13.3. The molecule has 8 nitrogen and oxygen atoms in total. The van der Waals surface area contributed by atoms with Crippen molar-refractivity contribution >= 4 is 22.5 Å². The van der Waals surface area contributed by atoms with Crippen LogP contribution in [0.2, 0.25) is 0 Å². The average molecular weight is 489 g/mol. The van der Waals surface area contributed by atoms with Gasteiger partial charge in [-0.15, -0.1) is 0 Å². The zero-order valence-corrected chi connectivity index (χ0v) is 19.4. The van der Waals surface area contributed by atoms with E-state index in [9.17, 15) is 13.2 Å². The second kappa shape index (κ2) is 8.95. The molecule has 1 unspecified atom stereocenters. The SMILES string of the molecule is COc1cc2c(cc1OC1CCOC1)c(=N[C@H](C)c1cc(N)cc(C(F)(F)F)c1)nc1n2CCN1. The van der Waals surface area contributed by atoms with E-state index in [2.05, 4.69) is 10.3 Å². The molecule has 2 atom stereocenters. The van der Waals surface area contributed by atoms with Crippen molar-refractivity contribution in [1.29, 1.82) is 0 Å². The second-order valence-corrected chi connectivity index (χ2v) is 8.65. The number of rotatable bonds is 5. The molecule has 0 spiro atoms. The molecule has 0 bridgehead atoms. The number of nitrogens with one attached hydrogen (secondary N) is 1. The molecule has 1 aromatic heterocycles. The summed E-state index contributed by atoms with van der Waals surface area (Å²) < 4.78 is 59.2. The first-order chi connectivity index (χ1) is 16.7. The summed E-state index contributed by atoms with van der Waals surface area (Å²) in [5, 5.41) is 3.94. The van der Waals surface area contributed by atoms with Crippen LogP contribution in [0.3, 0.4) is 0 Å².